The van der Waals surface area contributed by atoms with E-state index in [1.165, 1.54) is 0 Å². The van der Waals surface area contributed by atoms with Crippen LogP contribution in [0.5, 0.6) is 0 Å². The Bertz CT molecular complexity index is 522. The lowest BCUT2D eigenvalue weighted by atomic mass is 10.2. The van der Waals surface area contributed by atoms with Crippen LogP contribution in [0.4, 0.5) is 4.79 Å². The summed E-state index contributed by atoms with van der Waals surface area (Å²) in [6.07, 6.45) is 3.96. The average Bonchev–Trinajstić information content (AvgIpc) is 3.09. The molecule has 0 aliphatic heterocycles. The topological polar surface area (TPSA) is 67.0 Å². The van der Waals surface area contributed by atoms with Gasteiger partial charge in [0.25, 0.3) is 0 Å². The van der Waals surface area contributed by atoms with Crippen molar-refractivity contribution in [3.05, 3.63) is 29.5 Å². The largest absolute Gasteiger partial charge is 0.450 e. The van der Waals surface area contributed by atoms with Crippen LogP contribution in [0.1, 0.15) is 25.5 Å². The van der Waals surface area contributed by atoms with Gasteiger partial charge in [0.15, 0.2) is 0 Å². The molecule has 2 aromatic heterocycles. The first-order chi connectivity index (χ1) is 9.81. The third-order valence-electron chi connectivity index (χ3n) is 2.85. The molecule has 0 atom stereocenters. The zero-order chi connectivity index (χ0) is 14.2. The number of carbonyl (C=O) groups excluding carboxylic acids is 1. The zero-order valence-corrected chi connectivity index (χ0v) is 12.3. The Balaban J connectivity index is 1.78. The van der Waals surface area contributed by atoms with Crippen molar-refractivity contribution in [3.8, 4) is 10.6 Å². The van der Waals surface area contributed by atoms with E-state index in [1.807, 2.05) is 17.5 Å². The van der Waals surface area contributed by atoms with Gasteiger partial charge in [-0.3, -0.25) is 0 Å². The Hall–Kier alpha value is -1.82. The monoisotopic (exact) mass is 293 g/mol. The van der Waals surface area contributed by atoms with Crippen LogP contribution in [0.3, 0.4) is 0 Å². The van der Waals surface area contributed by atoms with Gasteiger partial charge in [-0.15, -0.1) is 11.3 Å². The fraction of sp³-hybridized carbons (Fsp3) is 0.429. The van der Waals surface area contributed by atoms with E-state index in [0.717, 1.165) is 29.1 Å². The number of imidazole rings is 1. The number of rotatable bonds is 7. The van der Waals surface area contributed by atoms with Gasteiger partial charge >= 0.3 is 6.09 Å². The maximum atomic E-state index is 11.4. The van der Waals surface area contributed by atoms with Crippen molar-refractivity contribution in [1.29, 1.82) is 0 Å². The number of hydrogen-bond donors (Lipinski definition) is 2. The second kappa shape index (κ2) is 7.69. The Labute approximate surface area is 122 Å². The number of alkyl carbamates (subject to hydrolysis) is 1. The second-order valence-corrected chi connectivity index (χ2v) is 5.32. The number of hydrogen-bond acceptors (Lipinski definition) is 4. The van der Waals surface area contributed by atoms with Gasteiger partial charge in [-0.05, 0) is 17.9 Å². The summed E-state index contributed by atoms with van der Waals surface area (Å²) in [6, 6.07) is 4.04. The molecule has 0 aliphatic rings. The van der Waals surface area contributed by atoms with Gasteiger partial charge in [-0.2, -0.15) is 0 Å². The molecule has 1 amide bonds. The van der Waals surface area contributed by atoms with Crippen LogP contribution in [0, 0.1) is 0 Å². The molecule has 0 aromatic carbocycles. The number of aromatic amines is 1. The Morgan fingerprint density at radius 3 is 3.20 bits per heavy atom. The first-order valence-corrected chi connectivity index (χ1v) is 7.66. The predicted molar refractivity (Wildman–Crippen MR) is 79.9 cm³/mol. The van der Waals surface area contributed by atoms with Crippen molar-refractivity contribution >= 4 is 17.4 Å². The van der Waals surface area contributed by atoms with Crippen LogP contribution in [0.15, 0.2) is 23.8 Å². The quantitative estimate of drug-likeness (QED) is 0.770. The maximum Gasteiger partial charge on any atom is 0.407 e. The number of nitrogens with zero attached hydrogens (tertiary/aromatic N) is 1. The molecule has 0 radical (unpaired) electrons. The van der Waals surface area contributed by atoms with Gasteiger partial charge in [-0.25, -0.2) is 9.78 Å². The third kappa shape index (κ3) is 4.09. The van der Waals surface area contributed by atoms with Gasteiger partial charge in [0.05, 0.1) is 17.8 Å². The highest BCUT2D eigenvalue weighted by atomic mass is 32.1. The number of nitrogens with one attached hydrogen (secondary N) is 2. The Morgan fingerprint density at radius 1 is 1.55 bits per heavy atom. The molecule has 0 saturated heterocycles. The second-order valence-electron chi connectivity index (χ2n) is 4.37. The minimum absolute atomic E-state index is 0.351. The van der Waals surface area contributed by atoms with Gasteiger partial charge in [-0.1, -0.05) is 19.4 Å². The smallest absolute Gasteiger partial charge is 0.407 e. The van der Waals surface area contributed by atoms with Crippen molar-refractivity contribution < 1.29 is 9.53 Å². The summed E-state index contributed by atoms with van der Waals surface area (Å²) in [6.45, 7) is 3.07. The van der Waals surface area contributed by atoms with Crippen molar-refractivity contribution in [1.82, 2.24) is 15.3 Å². The molecular formula is C14H19N3O2S. The predicted octanol–water partition coefficient (Wildman–Crippen LogP) is 3.21. The summed E-state index contributed by atoms with van der Waals surface area (Å²) in [5.41, 5.74) is 1.99. The van der Waals surface area contributed by atoms with E-state index in [-0.39, 0.29) is 6.09 Å². The van der Waals surface area contributed by atoms with Crippen molar-refractivity contribution in [3.63, 3.8) is 0 Å². The van der Waals surface area contributed by atoms with Crippen LogP contribution in [0.2, 0.25) is 0 Å². The highest BCUT2D eigenvalue weighted by Crippen LogP contribution is 2.25. The molecule has 6 heteroatoms. The van der Waals surface area contributed by atoms with E-state index < -0.39 is 0 Å². The van der Waals surface area contributed by atoms with E-state index in [9.17, 15) is 4.79 Å². The maximum absolute atomic E-state index is 11.4. The van der Waals surface area contributed by atoms with Crippen molar-refractivity contribution in [2.24, 2.45) is 0 Å². The molecule has 108 valence electrons. The molecule has 2 rings (SSSR count). The molecule has 0 saturated carbocycles. The van der Waals surface area contributed by atoms with Crippen LogP contribution in [0.25, 0.3) is 10.6 Å². The molecule has 5 nitrogen and oxygen atoms in total. The number of ether oxygens (including phenoxy) is 1. The molecular weight excluding hydrogens is 274 g/mol. The SMILES string of the molecule is CCCCOC(=O)NCCc1[nH]cnc1-c1cccs1. The fourth-order valence-corrected chi connectivity index (χ4v) is 2.54. The molecule has 20 heavy (non-hydrogen) atoms. The lowest BCUT2D eigenvalue weighted by Gasteiger charge is -2.06. The molecule has 2 heterocycles. The molecule has 0 bridgehead atoms. The highest BCUT2D eigenvalue weighted by molar-refractivity contribution is 7.13. The fourth-order valence-electron chi connectivity index (χ4n) is 1.79. The lowest BCUT2D eigenvalue weighted by Crippen LogP contribution is -2.27. The van der Waals surface area contributed by atoms with E-state index in [0.29, 0.717) is 19.6 Å². The summed E-state index contributed by atoms with van der Waals surface area (Å²) in [7, 11) is 0. The van der Waals surface area contributed by atoms with E-state index >= 15 is 0 Å². The van der Waals surface area contributed by atoms with Gasteiger partial charge < -0.3 is 15.0 Å². The number of H-pyrrole nitrogens is 1. The number of carbonyl (C=O) groups is 1. The van der Waals surface area contributed by atoms with Gasteiger partial charge in [0, 0.05) is 18.7 Å². The van der Waals surface area contributed by atoms with Crippen LogP contribution >= 0.6 is 11.3 Å². The molecule has 0 aliphatic carbocycles. The number of unbranched alkanes of at least 4 members (excludes halogenated alkanes) is 1. The molecule has 0 unspecified atom stereocenters. The summed E-state index contributed by atoms with van der Waals surface area (Å²) in [5, 5.41) is 4.77. The highest BCUT2D eigenvalue weighted by Gasteiger charge is 2.09. The van der Waals surface area contributed by atoms with Crippen LogP contribution in [-0.4, -0.2) is 29.2 Å². The first kappa shape index (κ1) is 14.6. The summed E-state index contributed by atoms with van der Waals surface area (Å²) in [4.78, 5) is 20.0. The van der Waals surface area contributed by atoms with Crippen molar-refractivity contribution in [2.75, 3.05) is 13.2 Å². The minimum atomic E-state index is -0.351. The van der Waals surface area contributed by atoms with Gasteiger partial charge in [0.1, 0.15) is 5.69 Å². The van der Waals surface area contributed by atoms with Gasteiger partial charge in [0.2, 0.25) is 0 Å². The summed E-state index contributed by atoms with van der Waals surface area (Å²) < 4.78 is 5.03. The minimum Gasteiger partial charge on any atom is -0.450 e. The van der Waals surface area contributed by atoms with E-state index in [4.69, 9.17) is 4.74 Å². The van der Waals surface area contributed by atoms with Crippen molar-refractivity contribution in [2.45, 2.75) is 26.2 Å². The number of thiophene rings is 1. The average molecular weight is 293 g/mol. The summed E-state index contributed by atoms with van der Waals surface area (Å²) in [5.74, 6) is 0. The lowest BCUT2D eigenvalue weighted by molar-refractivity contribution is 0.144. The van der Waals surface area contributed by atoms with E-state index in [2.05, 4.69) is 22.2 Å². The van der Waals surface area contributed by atoms with E-state index in [1.54, 1.807) is 17.7 Å². The third-order valence-corrected chi connectivity index (χ3v) is 3.72. The molecule has 0 fully saturated rings. The first-order valence-electron chi connectivity index (χ1n) is 6.78. The normalized spacial score (nSPS) is 10.4. The Morgan fingerprint density at radius 2 is 2.45 bits per heavy atom. The molecule has 2 N–H and O–H groups in total. The number of aromatic nitrogens is 2. The van der Waals surface area contributed by atoms with Crippen LogP contribution in [-0.2, 0) is 11.2 Å². The zero-order valence-electron chi connectivity index (χ0n) is 11.5. The Kier molecular flexibility index (Phi) is 5.61. The number of amides is 1. The summed E-state index contributed by atoms with van der Waals surface area (Å²) >= 11 is 1.65. The standard InChI is InChI=1S/C14H19N3O2S/c1-2-3-8-19-14(18)15-7-6-11-13(17-10-16-11)12-5-4-9-20-12/h4-5,9-10H,2-3,6-8H2,1H3,(H,15,18)(H,16,17). The van der Waals surface area contributed by atoms with Crippen LogP contribution < -0.4 is 5.32 Å². The molecule has 2 aromatic rings. The molecule has 0 spiro atoms.